The Kier molecular flexibility index (Phi) is 2.53. The normalized spacial score (nSPS) is 13.1. The van der Waals surface area contributed by atoms with Crippen LogP contribution in [0, 0.1) is 5.82 Å². The number of amides is 1. The first-order valence-corrected chi connectivity index (χ1v) is 5.06. The summed E-state index contributed by atoms with van der Waals surface area (Å²) in [6.07, 6.45) is 1.11. The summed E-state index contributed by atoms with van der Waals surface area (Å²) in [5.74, 6) is -1.16. The summed E-state index contributed by atoms with van der Waals surface area (Å²) in [6.45, 7) is 0. The van der Waals surface area contributed by atoms with Crippen LogP contribution in [0.1, 0.15) is 14.6 Å². The van der Waals surface area contributed by atoms with E-state index >= 15 is 0 Å². The number of benzene rings is 1. The second kappa shape index (κ2) is 5.27. The molecule has 1 amide bonds. The zero-order valence-corrected chi connectivity index (χ0v) is 9.18. The first-order chi connectivity index (χ1) is 9.85. The van der Waals surface area contributed by atoms with Crippen LogP contribution in [-0.2, 0) is 0 Å². The van der Waals surface area contributed by atoms with Crippen LogP contribution in [0.3, 0.4) is 0 Å². The zero-order chi connectivity index (χ0) is 15.5. The van der Waals surface area contributed by atoms with Crippen molar-refractivity contribution in [2.24, 2.45) is 0 Å². The van der Waals surface area contributed by atoms with E-state index in [2.05, 4.69) is 15.0 Å². The van der Waals surface area contributed by atoms with E-state index < -0.39 is 18.8 Å². The quantitative estimate of drug-likeness (QED) is 0.909. The Morgan fingerprint density at radius 3 is 2.89 bits per heavy atom. The molecule has 0 aliphatic rings. The minimum atomic E-state index is -2.58. The number of nitrogens with one attached hydrogen (secondary N) is 1. The van der Waals surface area contributed by atoms with E-state index in [4.69, 9.17) is 4.11 Å². The van der Waals surface area contributed by atoms with E-state index in [0.717, 1.165) is 6.20 Å². The Balaban J connectivity index is 2.08. The monoisotopic (exact) mass is 249 g/mol. The van der Waals surface area contributed by atoms with Crippen molar-refractivity contribution in [3.63, 3.8) is 0 Å². The molecule has 1 aromatic heterocycles. The van der Waals surface area contributed by atoms with Crippen molar-refractivity contribution in [1.82, 2.24) is 4.98 Å². The molecule has 0 aliphatic carbocycles. The molecular weight excluding hydrogens is 235 g/mol. The Hall–Kier alpha value is -2.43. The largest absolute Gasteiger partial charge is 0.495 e. The summed E-state index contributed by atoms with van der Waals surface area (Å²) in [7, 11) is -2.58. The van der Waals surface area contributed by atoms with Crippen LogP contribution in [-0.4, -0.2) is 17.9 Å². The highest BCUT2D eigenvalue weighted by Crippen LogP contribution is 2.14. The number of aromatic nitrogens is 1. The van der Waals surface area contributed by atoms with Gasteiger partial charge in [-0.25, -0.2) is 9.37 Å². The van der Waals surface area contributed by atoms with Crippen LogP contribution >= 0.6 is 0 Å². The molecule has 0 aliphatic heterocycles. The highest BCUT2D eigenvalue weighted by Gasteiger charge is 2.09. The Bertz CT molecular complexity index is 645. The molecule has 0 bridgehead atoms. The number of ether oxygens (including phenoxy) is 1. The first-order valence-electron chi connectivity index (χ1n) is 6.56. The average Bonchev–Trinajstić information content (AvgIpc) is 2.40. The number of hydrogen-bond acceptors (Lipinski definition) is 3. The summed E-state index contributed by atoms with van der Waals surface area (Å²) in [5.41, 5.74) is 0.0447. The minimum absolute atomic E-state index is 0.0103. The Labute approximate surface area is 108 Å². The van der Waals surface area contributed by atoms with Gasteiger partial charge in [-0.2, -0.15) is 0 Å². The van der Waals surface area contributed by atoms with E-state index in [1.54, 1.807) is 6.07 Å². The molecule has 0 saturated carbocycles. The molecule has 0 spiro atoms. The number of pyridine rings is 1. The summed E-state index contributed by atoms with van der Waals surface area (Å²) in [6, 6.07) is 8.31. The maximum absolute atomic E-state index is 13.4. The number of rotatable bonds is 3. The lowest BCUT2D eigenvalue weighted by atomic mass is 10.3. The molecule has 5 heteroatoms. The molecule has 0 unspecified atom stereocenters. The van der Waals surface area contributed by atoms with Crippen LogP contribution in [0.5, 0.6) is 5.75 Å². The van der Waals surface area contributed by atoms with Gasteiger partial charge in [0.1, 0.15) is 17.3 Å². The van der Waals surface area contributed by atoms with E-state index in [-0.39, 0.29) is 17.1 Å². The van der Waals surface area contributed by atoms with Crippen molar-refractivity contribution < 1.29 is 18.0 Å². The highest BCUT2D eigenvalue weighted by molar-refractivity contribution is 6.02. The number of nitrogens with zero attached hydrogens (tertiary/aromatic N) is 1. The summed E-state index contributed by atoms with van der Waals surface area (Å²) >= 11 is 0. The van der Waals surface area contributed by atoms with E-state index in [1.807, 2.05) is 0 Å². The summed E-state index contributed by atoms with van der Waals surface area (Å²) < 4.78 is 38.8. The van der Waals surface area contributed by atoms with Gasteiger partial charge >= 0.3 is 0 Å². The van der Waals surface area contributed by atoms with Crippen LogP contribution in [0.25, 0.3) is 0 Å². The SMILES string of the molecule is [2H]C([2H])([2H])Oc1ccc(C(=O)Nc2ccccc2F)nc1. The fourth-order valence-electron chi connectivity index (χ4n) is 1.32. The fraction of sp³-hybridized carbons (Fsp3) is 0.0769. The van der Waals surface area contributed by atoms with Crippen LogP contribution in [0.15, 0.2) is 42.6 Å². The van der Waals surface area contributed by atoms with Crippen molar-refractivity contribution in [3.05, 3.63) is 54.1 Å². The third kappa shape index (κ3) is 2.63. The molecule has 92 valence electrons. The van der Waals surface area contributed by atoms with Gasteiger partial charge in [-0.15, -0.1) is 0 Å². The number of carbonyl (C=O) groups excluding carboxylic acids is 1. The van der Waals surface area contributed by atoms with Gasteiger partial charge in [-0.05, 0) is 24.3 Å². The lowest BCUT2D eigenvalue weighted by molar-refractivity contribution is 0.102. The first kappa shape index (κ1) is 8.63. The average molecular weight is 249 g/mol. The summed E-state index contributed by atoms with van der Waals surface area (Å²) in [5, 5.41) is 2.37. The molecular formula is C13H11FN2O2. The fourth-order valence-corrected chi connectivity index (χ4v) is 1.32. The number of halogens is 1. The lowest BCUT2D eigenvalue weighted by Gasteiger charge is -2.06. The van der Waals surface area contributed by atoms with Gasteiger partial charge in [0.15, 0.2) is 0 Å². The van der Waals surface area contributed by atoms with Gasteiger partial charge in [-0.3, -0.25) is 4.79 Å². The number of para-hydroxylation sites is 1. The molecule has 2 rings (SSSR count). The van der Waals surface area contributed by atoms with Gasteiger partial charge in [0.05, 0.1) is 23.0 Å². The molecule has 0 fully saturated rings. The molecule has 0 atom stereocenters. The predicted octanol–water partition coefficient (Wildman–Crippen LogP) is 2.48. The van der Waals surface area contributed by atoms with E-state index in [9.17, 15) is 9.18 Å². The third-order valence-corrected chi connectivity index (χ3v) is 2.21. The van der Waals surface area contributed by atoms with Gasteiger partial charge < -0.3 is 10.1 Å². The molecule has 0 saturated heterocycles. The number of hydrogen-bond donors (Lipinski definition) is 1. The molecule has 1 heterocycles. The molecule has 0 radical (unpaired) electrons. The minimum Gasteiger partial charge on any atom is -0.495 e. The van der Waals surface area contributed by atoms with Gasteiger partial charge in [0.25, 0.3) is 5.91 Å². The van der Waals surface area contributed by atoms with Gasteiger partial charge in [0, 0.05) is 0 Å². The second-order valence-corrected chi connectivity index (χ2v) is 3.42. The smallest absolute Gasteiger partial charge is 0.274 e. The number of methoxy groups -OCH3 is 1. The maximum atomic E-state index is 13.4. The summed E-state index contributed by atoms with van der Waals surface area (Å²) in [4.78, 5) is 15.6. The van der Waals surface area contributed by atoms with Crippen molar-refractivity contribution in [2.75, 3.05) is 12.4 Å². The van der Waals surface area contributed by atoms with Crippen molar-refractivity contribution in [1.29, 1.82) is 0 Å². The molecule has 18 heavy (non-hydrogen) atoms. The van der Waals surface area contributed by atoms with Crippen molar-refractivity contribution >= 4 is 11.6 Å². The van der Waals surface area contributed by atoms with Crippen LogP contribution < -0.4 is 10.1 Å². The Morgan fingerprint density at radius 2 is 2.22 bits per heavy atom. The van der Waals surface area contributed by atoms with Gasteiger partial charge in [-0.1, -0.05) is 12.1 Å². The van der Waals surface area contributed by atoms with Crippen LogP contribution in [0.2, 0.25) is 0 Å². The Morgan fingerprint density at radius 1 is 1.39 bits per heavy atom. The third-order valence-electron chi connectivity index (χ3n) is 2.21. The molecule has 2 aromatic rings. The second-order valence-electron chi connectivity index (χ2n) is 3.42. The van der Waals surface area contributed by atoms with Crippen molar-refractivity contribution in [3.8, 4) is 5.75 Å². The van der Waals surface area contributed by atoms with Crippen LogP contribution in [0.4, 0.5) is 10.1 Å². The zero-order valence-electron chi connectivity index (χ0n) is 12.2. The lowest BCUT2D eigenvalue weighted by Crippen LogP contribution is -2.14. The maximum Gasteiger partial charge on any atom is 0.274 e. The molecule has 4 nitrogen and oxygen atoms in total. The van der Waals surface area contributed by atoms with E-state index in [0.29, 0.717) is 0 Å². The predicted molar refractivity (Wildman–Crippen MR) is 65.1 cm³/mol. The molecule has 1 aromatic carbocycles. The van der Waals surface area contributed by atoms with Gasteiger partial charge in [0.2, 0.25) is 0 Å². The van der Waals surface area contributed by atoms with Crippen molar-refractivity contribution in [2.45, 2.75) is 0 Å². The number of carbonyl (C=O) groups is 1. The number of anilines is 1. The molecule has 1 N–H and O–H groups in total. The topological polar surface area (TPSA) is 51.2 Å². The highest BCUT2D eigenvalue weighted by atomic mass is 19.1. The standard InChI is InChI=1S/C13H11FN2O2/c1-18-9-6-7-12(15-8-9)13(17)16-11-5-3-2-4-10(11)14/h2-8H,1H3,(H,16,17)/i1D3. The van der Waals surface area contributed by atoms with E-state index in [1.165, 1.54) is 30.3 Å².